The van der Waals surface area contributed by atoms with Crippen molar-refractivity contribution < 1.29 is 18.7 Å². The number of nitrogens with zero attached hydrogens (tertiary/aromatic N) is 1. The summed E-state index contributed by atoms with van der Waals surface area (Å²) >= 11 is 6.07. The third-order valence-electron chi connectivity index (χ3n) is 4.65. The van der Waals surface area contributed by atoms with E-state index >= 15 is 0 Å². The number of nitrogens with one attached hydrogen (secondary N) is 1. The zero-order valence-electron chi connectivity index (χ0n) is 14.8. The lowest BCUT2D eigenvalue weighted by Crippen LogP contribution is -2.50. The van der Waals surface area contributed by atoms with Crippen molar-refractivity contribution in [1.29, 1.82) is 0 Å². The molecule has 0 fully saturated rings. The monoisotopic (exact) mass is 384 g/mol. The van der Waals surface area contributed by atoms with Crippen LogP contribution in [0.1, 0.15) is 16.1 Å². The first-order valence-corrected chi connectivity index (χ1v) is 8.85. The highest BCUT2D eigenvalue weighted by atomic mass is 35.5. The molecule has 1 aliphatic rings. The Bertz CT molecular complexity index is 1060. The van der Waals surface area contributed by atoms with Crippen molar-refractivity contribution in [3.63, 3.8) is 0 Å². The number of ether oxygens (including phenoxy) is 1. The minimum Gasteiger partial charge on any atom is -0.477 e. The van der Waals surface area contributed by atoms with Gasteiger partial charge in [-0.3, -0.25) is 14.5 Å². The van der Waals surface area contributed by atoms with Gasteiger partial charge >= 0.3 is 0 Å². The molecule has 0 bridgehead atoms. The first-order chi connectivity index (χ1) is 13.0. The van der Waals surface area contributed by atoms with Gasteiger partial charge in [-0.1, -0.05) is 23.7 Å². The van der Waals surface area contributed by atoms with Gasteiger partial charge in [0.05, 0.1) is 12.2 Å². The van der Waals surface area contributed by atoms with Crippen molar-refractivity contribution in [1.82, 2.24) is 5.32 Å². The summed E-state index contributed by atoms with van der Waals surface area (Å²) in [4.78, 5) is 26.9. The van der Waals surface area contributed by atoms with E-state index in [0.29, 0.717) is 27.6 Å². The number of amides is 2. The lowest BCUT2D eigenvalue weighted by Gasteiger charge is -2.33. The molecule has 0 saturated heterocycles. The third-order valence-corrected chi connectivity index (χ3v) is 4.89. The molecule has 138 valence electrons. The van der Waals surface area contributed by atoms with E-state index in [-0.39, 0.29) is 24.1 Å². The number of aryl methyl sites for hydroxylation is 1. The molecule has 1 atom stereocenters. The summed E-state index contributed by atoms with van der Waals surface area (Å²) in [5.74, 6) is 0.0713. The number of para-hydroxylation sites is 2. The Morgan fingerprint density at radius 2 is 2.00 bits per heavy atom. The number of carbonyl (C=O) groups excluding carboxylic acids is 2. The number of halogens is 1. The van der Waals surface area contributed by atoms with Crippen LogP contribution in [0.4, 0.5) is 5.69 Å². The molecule has 7 heteroatoms. The number of hydrogen-bond acceptors (Lipinski definition) is 4. The second-order valence-electron chi connectivity index (χ2n) is 6.30. The van der Waals surface area contributed by atoms with Crippen molar-refractivity contribution in [3.8, 4) is 5.75 Å². The zero-order valence-corrected chi connectivity index (χ0v) is 15.5. The van der Waals surface area contributed by atoms with Gasteiger partial charge in [-0.15, -0.1) is 0 Å². The standard InChI is InChI=1S/C20H17ClN2O4/c1-11-13-9-12(21)7-8-15(13)27-18(11)20(25)23-10-17(19(24)22-2)26-16-6-4-3-5-14(16)23/h3-9,17H,10H2,1-2H3,(H,22,24). The maximum Gasteiger partial charge on any atom is 0.294 e. The number of benzene rings is 2. The number of likely N-dealkylation sites (N-methyl/N-ethyl adjacent to an activating group) is 1. The summed E-state index contributed by atoms with van der Waals surface area (Å²) in [6.07, 6.45) is -0.798. The highest BCUT2D eigenvalue weighted by molar-refractivity contribution is 6.31. The summed E-state index contributed by atoms with van der Waals surface area (Å²) in [6.45, 7) is 1.91. The Morgan fingerprint density at radius 3 is 2.78 bits per heavy atom. The number of hydrogen-bond donors (Lipinski definition) is 1. The number of anilines is 1. The van der Waals surface area contributed by atoms with Gasteiger partial charge in [0.15, 0.2) is 11.9 Å². The van der Waals surface area contributed by atoms with Crippen molar-refractivity contribution in [2.75, 3.05) is 18.5 Å². The molecule has 2 heterocycles. The third kappa shape index (κ3) is 2.92. The average molecular weight is 385 g/mol. The predicted octanol–water partition coefficient (Wildman–Crippen LogP) is 3.55. The number of carbonyl (C=O) groups is 2. The van der Waals surface area contributed by atoms with Gasteiger partial charge < -0.3 is 14.5 Å². The second kappa shape index (κ2) is 6.63. The molecule has 2 aromatic carbocycles. The van der Waals surface area contributed by atoms with Crippen LogP contribution in [0.2, 0.25) is 5.02 Å². The Hall–Kier alpha value is -2.99. The molecule has 27 heavy (non-hydrogen) atoms. The quantitative estimate of drug-likeness (QED) is 0.733. The van der Waals surface area contributed by atoms with E-state index in [9.17, 15) is 9.59 Å². The van der Waals surface area contributed by atoms with Gasteiger partial charge in [-0.05, 0) is 37.3 Å². The first-order valence-electron chi connectivity index (χ1n) is 8.47. The van der Waals surface area contributed by atoms with Crippen molar-refractivity contribution in [2.24, 2.45) is 0 Å². The first kappa shape index (κ1) is 17.4. The van der Waals surface area contributed by atoms with Crippen molar-refractivity contribution in [3.05, 3.63) is 58.8 Å². The minimum absolute atomic E-state index is 0.0900. The second-order valence-corrected chi connectivity index (χ2v) is 6.74. The van der Waals surface area contributed by atoms with E-state index in [1.165, 1.54) is 11.9 Å². The Labute approximate surface area is 160 Å². The van der Waals surface area contributed by atoms with Gasteiger partial charge in [-0.25, -0.2) is 0 Å². The van der Waals surface area contributed by atoms with E-state index in [1.807, 2.05) is 13.0 Å². The van der Waals surface area contributed by atoms with Crippen molar-refractivity contribution in [2.45, 2.75) is 13.0 Å². The van der Waals surface area contributed by atoms with Gasteiger partial charge in [0.25, 0.3) is 11.8 Å². The fraction of sp³-hybridized carbons (Fsp3) is 0.200. The molecular formula is C20H17ClN2O4. The molecular weight excluding hydrogens is 368 g/mol. The van der Waals surface area contributed by atoms with Crippen LogP contribution in [0.25, 0.3) is 11.0 Å². The zero-order chi connectivity index (χ0) is 19.1. The van der Waals surface area contributed by atoms with Crippen LogP contribution in [0, 0.1) is 6.92 Å². The van der Waals surface area contributed by atoms with Gasteiger partial charge in [0.2, 0.25) is 0 Å². The van der Waals surface area contributed by atoms with Crippen LogP contribution < -0.4 is 15.0 Å². The van der Waals surface area contributed by atoms with Crippen LogP contribution in [-0.4, -0.2) is 31.5 Å². The molecule has 1 aliphatic heterocycles. The van der Waals surface area contributed by atoms with E-state index in [4.69, 9.17) is 20.8 Å². The lowest BCUT2D eigenvalue weighted by atomic mass is 10.1. The molecule has 1 aromatic heterocycles. The highest BCUT2D eigenvalue weighted by Crippen LogP contribution is 2.36. The maximum absolute atomic E-state index is 13.3. The summed E-state index contributed by atoms with van der Waals surface area (Å²) in [7, 11) is 1.53. The molecule has 4 rings (SSSR count). The summed E-state index contributed by atoms with van der Waals surface area (Å²) in [6, 6.07) is 12.3. The Kier molecular flexibility index (Phi) is 4.28. The molecule has 2 amide bonds. The van der Waals surface area contributed by atoms with Gasteiger partial charge in [0, 0.05) is 23.0 Å². The van der Waals surface area contributed by atoms with Crippen LogP contribution >= 0.6 is 11.6 Å². The van der Waals surface area contributed by atoms with Crippen LogP contribution in [0.3, 0.4) is 0 Å². The van der Waals surface area contributed by atoms with E-state index in [2.05, 4.69) is 5.32 Å². The molecule has 1 N–H and O–H groups in total. The normalized spacial score (nSPS) is 16.0. The molecule has 0 spiro atoms. The average Bonchev–Trinajstić information content (AvgIpc) is 3.02. The molecule has 1 unspecified atom stereocenters. The van der Waals surface area contributed by atoms with E-state index in [0.717, 1.165) is 5.39 Å². The fourth-order valence-electron chi connectivity index (χ4n) is 3.24. The van der Waals surface area contributed by atoms with Gasteiger partial charge in [-0.2, -0.15) is 0 Å². The number of furan rings is 1. The number of rotatable bonds is 2. The molecule has 3 aromatic rings. The van der Waals surface area contributed by atoms with E-state index in [1.54, 1.807) is 36.4 Å². The molecule has 0 radical (unpaired) electrons. The molecule has 0 aliphatic carbocycles. The Morgan fingerprint density at radius 1 is 1.22 bits per heavy atom. The lowest BCUT2D eigenvalue weighted by molar-refractivity contribution is -0.127. The Balaban J connectivity index is 1.78. The smallest absolute Gasteiger partial charge is 0.294 e. The molecule has 0 saturated carbocycles. The topological polar surface area (TPSA) is 71.8 Å². The largest absolute Gasteiger partial charge is 0.477 e. The summed E-state index contributed by atoms with van der Waals surface area (Å²) in [5, 5.41) is 3.92. The van der Waals surface area contributed by atoms with Crippen LogP contribution in [0.5, 0.6) is 5.75 Å². The van der Waals surface area contributed by atoms with Crippen molar-refractivity contribution >= 4 is 40.1 Å². The minimum atomic E-state index is -0.798. The summed E-state index contributed by atoms with van der Waals surface area (Å²) in [5.41, 5.74) is 1.89. The summed E-state index contributed by atoms with van der Waals surface area (Å²) < 4.78 is 11.6. The van der Waals surface area contributed by atoms with Crippen LogP contribution in [-0.2, 0) is 4.79 Å². The SMILES string of the molecule is CNC(=O)C1CN(C(=O)c2oc3ccc(Cl)cc3c2C)c2ccccc2O1. The maximum atomic E-state index is 13.3. The highest BCUT2D eigenvalue weighted by Gasteiger charge is 2.35. The fourth-order valence-corrected chi connectivity index (χ4v) is 3.42. The number of fused-ring (bicyclic) bond motifs is 2. The molecule has 6 nitrogen and oxygen atoms in total. The van der Waals surface area contributed by atoms with Crippen LogP contribution in [0.15, 0.2) is 46.9 Å². The van der Waals surface area contributed by atoms with E-state index < -0.39 is 6.10 Å². The predicted molar refractivity (Wildman–Crippen MR) is 103 cm³/mol. The van der Waals surface area contributed by atoms with Gasteiger partial charge in [0.1, 0.15) is 11.3 Å².